The van der Waals surface area contributed by atoms with Gasteiger partial charge in [-0.1, -0.05) is 56.8 Å². The minimum Gasteiger partial charge on any atom is -0.508 e. The summed E-state index contributed by atoms with van der Waals surface area (Å²) in [6.45, 7) is 8.01. The normalized spacial score (nSPS) is 10.6. The number of aromatic hydroxyl groups is 1. The van der Waals surface area contributed by atoms with E-state index in [0.29, 0.717) is 11.7 Å². The van der Waals surface area contributed by atoms with Gasteiger partial charge in [-0.3, -0.25) is 0 Å². The number of benzene rings is 2. The van der Waals surface area contributed by atoms with Crippen molar-refractivity contribution in [3.63, 3.8) is 0 Å². The second-order valence-corrected chi connectivity index (χ2v) is 4.72. The van der Waals surface area contributed by atoms with Crippen molar-refractivity contribution in [2.75, 3.05) is 0 Å². The maximum absolute atomic E-state index is 9.86. The van der Waals surface area contributed by atoms with E-state index in [0.717, 1.165) is 22.3 Å². The Labute approximate surface area is 108 Å². The van der Waals surface area contributed by atoms with Crippen molar-refractivity contribution in [1.29, 1.82) is 0 Å². The summed E-state index contributed by atoms with van der Waals surface area (Å²) in [6.07, 6.45) is 1.86. The molecule has 0 heterocycles. The number of rotatable bonds is 3. The van der Waals surface area contributed by atoms with E-state index in [9.17, 15) is 5.11 Å². The Morgan fingerprint density at radius 1 is 1.11 bits per heavy atom. The maximum Gasteiger partial charge on any atom is 0.119 e. The van der Waals surface area contributed by atoms with E-state index in [4.69, 9.17) is 0 Å². The van der Waals surface area contributed by atoms with Crippen molar-refractivity contribution in [3.8, 4) is 16.9 Å². The summed E-state index contributed by atoms with van der Waals surface area (Å²) >= 11 is 0. The summed E-state index contributed by atoms with van der Waals surface area (Å²) in [5, 5.41) is 9.86. The molecule has 0 unspecified atom stereocenters. The summed E-state index contributed by atoms with van der Waals surface area (Å²) in [4.78, 5) is 0. The van der Waals surface area contributed by atoms with Crippen LogP contribution < -0.4 is 0 Å². The highest BCUT2D eigenvalue weighted by Gasteiger charge is 2.09. The molecule has 2 rings (SSSR count). The maximum atomic E-state index is 9.86. The van der Waals surface area contributed by atoms with Crippen molar-refractivity contribution in [2.45, 2.75) is 19.8 Å². The third kappa shape index (κ3) is 2.30. The molecule has 1 N–H and O–H groups in total. The molecule has 0 aliphatic rings. The highest BCUT2D eigenvalue weighted by Crippen LogP contribution is 2.32. The Morgan fingerprint density at radius 2 is 1.83 bits per heavy atom. The molecule has 1 heteroatoms. The van der Waals surface area contributed by atoms with E-state index in [1.807, 2.05) is 30.3 Å². The van der Waals surface area contributed by atoms with Gasteiger partial charge in [0.05, 0.1) is 0 Å². The molecule has 0 fully saturated rings. The van der Waals surface area contributed by atoms with Gasteiger partial charge in [-0.15, -0.1) is 0 Å². The van der Waals surface area contributed by atoms with E-state index in [2.05, 4.69) is 32.6 Å². The molecule has 0 aliphatic carbocycles. The molecule has 0 amide bonds. The molecule has 2 aromatic rings. The molecule has 0 bridgehead atoms. The summed E-state index contributed by atoms with van der Waals surface area (Å²) in [5.41, 5.74) is 4.35. The van der Waals surface area contributed by atoms with E-state index < -0.39 is 0 Å². The van der Waals surface area contributed by atoms with E-state index in [1.165, 1.54) is 0 Å². The van der Waals surface area contributed by atoms with Crippen molar-refractivity contribution in [2.24, 2.45) is 0 Å². The number of hydrogen-bond donors (Lipinski definition) is 1. The number of phenols is 1. The molecule has 0 spiro atoms. The quantitative estimate of drug-likeness (QED) is 0.812. The summed E-state index contributed by atoms with van der Waals surface area (Å²) in [5.74, 6) is 0.672. The van der Waals surface area contributed by atoms with Gasteiger partial charge in [0.2, 0.25) is 0 Å². The average Bonchev–Trinajstić information content (AvgIpc) is 2.39. The molecule has 0 aliphatic heterocycles. The zero-order valence-corrected chi connectivity index (χ0v) is 10.9. The third-order valence-corrected chi connectivity index (χ3v) is 3.14. The monoisotopic (exact) mass is 238 g/mol. The minimum absolute atomic E-state index is 0.306. The number of hydrogen-bond acceptors (Lipinski definition) is 1. The number of phenolic OH excluding ortho intramolecular Hbond substituents is 1. The molecule has 92 valence electrons. The van der Waals surface area contributed by atoms with Crippen molar-refractivity contribution in [3.05, 3.63) is 60.2 Å². The fraction of sp³-hybridized carbons (Fsp3) is 0.176. The zero-order chi connectivity index (χ0) is 13.1. The van der Waals surface area contributed by atoms with Gasteiger partial charge >= 0.3 is 0 Å². The van der Waals surface area contributed by atoms with Crippen LogP contribution in [0.1, 0.15) is 30.9 Å². The van der Waals surface area contributed by atoms with Crippen LogP contribution in [0.15, 0.2) is 49.0 Å². The van der Waals surface area contributed by atoms with E-state index in [1.54, 1.807) is 6.07 Å². The SMILES string of the molecule is C=Cc1ccccc1-c1ccc(O)c(C(C)C)c1. The van der Waals surface area contributed by atoms with E-state index >= 15 is 0 Å². The van der Waals surface area contributed by atoms with Gasteiger partial charge in [0.1, 0.15) is 5.75 Å². The van der Waals surface area contributed by atoms with Gasteiger partial charge in [0, 0.05) is 0 Å². The highest BCUT2D eigenvalue weighted by atomic mass is 16.3. The lowest BCUT2D eigenvalue weighted by molar-refractivity contribution is 0.465. The van der Waals surface area contributed by atoms with Crippen molar-refractivity contribution >= 4 is 6.08 Å². The lowest BCUT2D eigenvalue weighted by Crippen LogP contribution is -1.90. The zero-order valence-electron chi connectivity index (χ0n) is 10.9. The van der Waals surface area contributed by atoms with Crippen LogP contribution in [0.25, 0.3) is 17.2 Å². The van der Waals surface area contributed by atoms with Gasteiger partial charge in [-0.25, -0.2) is 0 Å². The first-order valence-electron chi connectivity index (χ1n) is 6.18. The fourth-order valence-electron chi connectivity index (χ4n) is 2.12. The van der Waals surface area contributed by atoms with E-state index in [-0.39, 0.29) is 0 Å². The standard InChI is InChI=1S/C17H18O/c1-4-13-7-5-6-8-15(13)14-9-10-17(18)16(11-14)12(2)3/h4-12,18H,1H2,2-3H3. The van der Waals surface area contributed by atoms with Crippen LogP contribution in [0.4, 0.5) is 0 Å². The largest absolute Gasteiger partial charge is 0.508 e. The van der Waals surface area contributed by atoms with Gasteiger partial charge in [-0.05, 0) is 40.3 Å². The van der Waals surface area contributed by atoms with Crippen LogP contribution in [-0.4, -0.2) is 5.11 Å². The summed E-state index contributed by atoms with van der Waals surface area (Å²) < 4.78 is 0. The molecule has 0 aromatic heterocycles. The Hall–Kier alpha value is -2.02. The first-order chi connectivity index (χ1) is 8.63. The molecule has 0 saturated heterocycles. The van der Waals surface area contributed by atoms with Crippen molar-refractivity contribution < 1.29 is 5.11 Å². The topological polar surface area (TPSA) is 20.2 Å². The van der Waals surface area contributed by atoms with Crippen LogP contribution in [0.5, 0.6) is 5.75 Å². The van der Waals surface area contributed by atoms with Gasteiger partial charge < -0.3 is 5.11 Å². The Balaban J connectivity index is 2.58. The fourth-order valence-corrected chi connectivity index (χ4v) is 2.12. The molecule has 2 aromatic carbocycles. The Bertz CT molecular complexity index is 568. The second-order valence-electron chi connectivity index (χ2n) is 4.72. The average molecular weight is 238 g/mol. The predicted molar refractivity (Wildman–Crippen MR) is 77.7 cm³/mol. The smallest absolute Gasteiger partial charge is 0.119 e. The summed E-state index contributed by atoms with van der Waals surface area (Å²) in [6, 6.07) is 13.9. The molecule has 0 atom stereocenters. The lowest BCUT2D eigenvalue weighted by atomic mass is 9.94. The first-order valence-corrected chi connectivity index (χ1v) is 6.18. The minimum atomic E-state index is 0.306. The van der Waals surface area contributed by atoms with Crippen molar-refractivity contribution in [1.82, 2.24) is 0 Å². The highest BCUT2D eigenvalue weighted by molar-refractivity contribution is 5.75. The molecular weight excluding hydrogens is 220 g/mol. The first kappa shape index (κ1) is 12.4. The molecule has 0 radical (unpaired) electrons. The Morgan fingerprint density at radius 3 is 2.50 bits per heavy atom. The molecule has 1 nitrogen and oxygen atoms in total. The molecule has 0 saturated carbocycles. The summed E-state index contributed by atoms with van der Waals surface area (Å²) in [7, 11) is 0. The third-order valence-electron chi connectivity index (χ3n) is 3.14. The molecular formula is C17H18O. The Kier molecular flexibility index (Phi) is 3.52. The van der Waals surface area contributed by atoms with Crippen LogP contribution in [0.2, 0.25) is 0 Å². The lowest BCUT2D eigenvalue weighted by Gasteiger charge is -2.12. The predicted octanol–water partition coefficient (Wildman–Crippen LogP) is 4.83. The second kappa shape index (κ2) is 5.09. The van der Waals surface area contributed by atoms with Gasteiger partial charge in [-0.2, -0.15) is 0 Å². The van der Waals surface area contributed by atoms with Crippen LogP contribution in [0, 0.1) is 0 Å². The van der Waals surface area contributed by atoms with Crippen LogP contribution >= 0.6 is 0 Å². The van der Waals surface area contributed by atoms with Gasteiger partial charge in [0.25, 0.3) is 0 Å². The van der Waals surface area contributed by atoms with Gasteiger partial charge in [0.15, 0.2) is 0 Å². The van der Waals surface area contributed by atoms with Crippen LogP contribution in [0.3, 0.4) is 0 Å². The van der Waals surface area contributed by atoms with Crippen LogP contribution in [-0.2, 0) is 0 Å². The molecule has 18 heavy (non-hydrogen) atoms.